The lowest BCUT2D eigenvalue weighted by atomic mass is 10.2. The summed E-state index contributed by atoms with van der Waals surface area (Å²) in [6, 6.07) is 12.9. The van der Waals surface area contributed by atoms with Gasteiger partial charge in [-0.15, -0.1) is 0 Å². The first-order chi connectivity index (χ1) is 13.1. The Morgan fingerprint density at radius 2 is 1.85 bits per heavy atom. The summed E-state index contributed by atoms with van der Waals surface area (Å²) in [6.45, 7) is 11.5. The molecule has 5 heteroatoms. The number of nitrogens with one attached hydrogen (secondary N) is 1. The maximum Gasteiger partial charge on any atom is 0.225 e. The highest BCUT2D eigenvalue weighted by atomic mass is 15.3. The molecule has 0 bridgehead atoms. The van der Waals surface area contributed by atoms with Crippen LogP contribution in [0, 0.1) is 6.92 Å². The van der Waals surface area contributed by atoms with Crippen molar-refractivity contribution >= 4 is 17.8 Å². The highest BCUT2D eigenvalue weighted by Gasteiger charge is 2.18. The molecular formula is C22H31N5. The Balaban J connectivity index is 1.53. The first-order valence-electron chi connectivity index (χ1n) is 9.95. The second-order valence-electron chi connectivity index (χ2n) is 7.25. The molecule has 1 fully saturated rings. The van der Waals surface area contributed by atoms with E-state index in [1.165, 1.54) is 5.56 Å². The molecule has 1 aliphatic rings. The molecule has 0 saturated carbocycles. The van der Waals surface area contributed by atoms with Gasteiger partial charge in [0.15, 0.2) is 0 Å². The van der Waals surface area contributed by atoms with E-state index >= 15 is 0 Å². The molecule has 1 aliphatic heterocycles. The van der Waals surface area contributed by atoms with Crippen LogP contribution in [0.15, 0.2) is 42.5 Å². The third-order valence-corrected chi connectivity index (χ3v) is 5.00. The van der Waals surface area contributed by atoms with Crippen LogP contribution in [0.25, 0.3) is 6.08 Å². The van der Waals surface area contributed by atoms with Gasteiger partial charge in [-0.2, -0.15) is 4.98 Å². The van der Waals surface area contributed by atoms with E-state index in [2.05, 4.69) is 82.5 Å². The van der Waals surface area contributed by atoms with Crippen LogP contribution in [-0.2, 0) is 0 Å². The van der Waals surface area contributed by atoms with Gasteiger partial charge in [-0.1, -0.05) is 49.4 Å². The molecule has 3 rings (SSSR count). The van der Waals surface area contributed by atoms with Gasteiger partial charge in [0.25, 0.3) is 0 Å². The SMILES string of the molecule is CCC(C)Nc1nc(C)cc(N2CCN(C/C=C/c3ccccc3)CC2)n1. The Morgan fingerprint density at radius 1 is 1.11 bits per heavy atom. The van der Waals surface area contributed by atoms with Crippen LogP contribution >= 0.6 is 0 Å². The number of benzene rings is 1. The fraction of sp³-hybridized carbons (Fsp3) is 0.455. The Bertz CT molecular complexity index is 736. The van der Waals surface area contributed by atoms with Gasteiger partial charge in [0, 0.05) is 50.5 Å². The van der Waals surface area contributed by atoms with Gasteiger partial charge in [-0.05, 0) is 25.8 Å². The van der Waals surface area contributed by atoms with Crippen molar-refractivity contribution < 1.29 is 0 Å². The summed E-state index contributed by atoms with van der Waals surface area (Å²) in [4.78, 5) is 14.1. The summed E-state index contributed by atoms with van der Waals surface area (Å²) >= 11 is 0. The molecule has 1 unspecified atom stereocenters. The number of aryl methyl sites for hydroxylation is 1. The molecule has 1 saturated heterocycles. The predicted molar refractivity (Wildman–Crippen MR) is 114 cm³/mol. The van der Waals surface area contributed by atoms with Crippen molar-refractivity contribution in [1.82, 2.24) is 14.9 Å². The van der Waals surface area contributed by atoms with E-state index in [4.69, 9.17) is 4.98 Å². The lowest BCUT2D eigenvalue weighted by molar-refractivity contribution is 0.283. The van der Waals surface area contributed by atoms with Crippen LogP contribution in [0.5, 0.6) is 0 Å². The summed E-state index contributed by atoms with van der Waals surface area (Å²) in [7, 11) is 0. The van der Waals surface area contributed by atoms with E-state index in [9.17, 15) is 0 Å². The van der Waals surface area contributed by atoms with Gasteiger partial charge in [0.1, 0.15) is 5.82 Å². The zero-order chi connectivity index (χ0) is 19.1. The van der Waals surface area contributed by atoms with Crippen molar-refractivity contribution in [3.63, 3.8) is 0 Å². The fourth-order valence-corrected chi connectivity index (χ4v) is 3.16. The van der Waals surface area contributed by atoms with Gasteiger partial charge in [0.2, 0.25) is 5.95 Å². The normalized spacial score (nSPS) is 16.6. The first-order valence-corrected chi connectivity index (χ1v) is 9.95. The van der Waals surface area contributed by atoms with E-state index in [0.717, 1.165) is 56.6 Å². The average Bonchev–Trinajstić information content (AvgIpc) is 2.69. The molecular weight excluding hydrogens is 334 g/mol. The highest BCUT2D eigenvalue weighted by molar-refractivity contribution is 5.49. The number of rotatable bonds is 7. The second kappa shape index (κ2) is 9.51. The Hall–Kier alpha value is -2.40. The molecule has 1 aromatic heterocycles. The van der Waals surface area contributed by atoms with Crippen LogP contribution < -0.4 is 10.2 Å². The lowest BCUT2D eigenvalue weighted by Crippen LogP contribution is -2.46. The van der Waals surface area contributed by atoms with E-state index in [0.29, 0.717) is 6.04 Å². The van der Waals surface area contributed by atoms with Gasteiger partial charge >= 0.3 is 0 Å². The fourth-order valence-electron chi connectivity index (χ4n) is 3.16. The van der Waals surface area contributed by atoms with Crippen molar-refractivity contribution in [2.24, 2.45) is 0 Å². The maximum atomic E-state index is 4.74. The number of anilines is 2. The van der Waals surface area contributed by atoms with Gasteiger partial charge in [-0.3, -0.25) is 4.90 Å². The third-order valence-electron chi connectivity index (χ3n) is 5.00. The number of hydrogen-bond acceptors (Lipinski definition) is 5. The standard InChI is InChI=1S/C22H31N5/c1-4-18(2)23-22-24-19(3)17-21(25-22)27-15-13-26(14-16-27)12-8-11-20-9-6-5-7-10-20/h5-11,17-18H,4,12-16H2,1-3H3,(H,23,24,25)/b11-8+. The molecule has 2 heterocycles. The lowest BCUT2D eigenvalue weighted by Gasteiger charge is -2.35. The molecule has 2 aromatic rings. The van der Waals surface area contributed by atoms with Crippen LogP contribution in [0.3, 0.4) is 0 Å². The van der Waals surface area contributed by atoms with Crippen molar-refractivity contribution in [3.8, 4) is 0 Å². The van der Waals surface area contributed by atoms with E-state index < -0.39 is 0 Å². The minimum atomic E-state index is 0.382. The Kier molecular flexibility index (Phi) is 6.82. The Labute approximate surface area is 163 Å². The van der Waals surface area contributed by atoms with Crippen molar-refractivity contribution in [1.29, 1.82) is 0 Å². The van der Waals surface area contributed by atoms with Gasteiger partial charge in [0.05, 0.1) is 0 Å². The zero-order valence-corrected chi connectivity index (χ0v) is 16.7. The van der Waals surface area contributed by atoms with Gasteiger partial charge < -0.3 is 10.2 Å². The van der Waals surface area contributed by atoms with Gasteiger partial charge in [-0.25, -0.2) is 4.98 Å². The molecule has 0 amide bonds. The molecule has 0 aliphatic carbocycles. The summed E-state index contributed by atoms with van der Waals surface area (Å²) in [5.74, 6) is 1.78. The summed E-state index contributed by atoms with van der Waals surface area (Å²) in [5.41, 5.74) is 2.27. The summed E-state index contributed by atoms with van der Waals surface area (Å²) in [6.07, 6.45) is 5.52. The zero-order valence-electron chi connectivity index (χ0n) is 16.7. The van der Waals surface area contributed by atoms with E-state index in [-0.39, 0.29) is 0 Å². The molecule has 27 heavy (non-hydrogen) atoms. The van der Waals surface area contributed by atoms with Crippen LogP contribution in [-0.4, -0.2) is 53.6 Å². The molecule has 1 aromatic carbocycles. The van der Waals surface area contributed by atoms with Crippen molar-refractivity contribution in [3.05, 3.63) is 53.7 Å². The number of hydrogen-bond donors (Lipinski definition) is 1. The van der Waals surface area contributed by atoms with Crippen molar-refractivity contribution in [2.45, 2.75) is 33.2 Å². The molecule has 5 nitrogen and oxygen atoms in total. The van der Waals surface area contributed by atoms with Crippen LogP contribution in [0.1, 0.15) is 31.5 Å². The average molecular weight is 366 g/mol. The second-order valence-corrected chi connectivity index (χ2v) is 7.25. The molecule has 0 spiro atoms. The number of piperazine rings is 1. The van der Waals surface area contributed by atoms with E-state index in [1.54, 1.807) is 0 Å². The highest BCUT2D eigenvalue weighted by Crippen LogP contribution is 2.17. The molecule has 1 atom stereocenters. The Morgan fingerprint density at radius 3 is 2.56 bits per heavy atom. The first kappa shape index (κ1) is 19.4. The molecule has 0 radical (unpaired) electrons. The molecule has 144 valence electrons. The summed E-state index contributed by atoms with van der Waals surface area (Å²) < 4.78 is 0. The smallest absolute Gasteiger partial charge is 0.225 e. The topological polar surface area (TPSA) is 44.3 Å². The predicted octanol–water partition coefficient (Wildman–Crippen LogP) is 3.83. The largest absolute Gasteiger partial charge is 0.354 e. The monoisotopic (exact) mass is 365 g/mol. The number of aromatic nitrogens is 2. The minimum Gasteiger partial charge on any atom is -0.354 e. The summed E-state index contributed by atoms with van der Waals surface area (Å²) in [5, 5.41) is 3.40. The van der Waals surface area contributed by atoms with E-state index in [1.807, 2.05) is 6.92 Å². The van der Waals surface area contributed by atoms with Crippen LogP contribution in [0.4, 0.5) is 11.8 Å². The van der Waals surface area contributed by atoms with Crippen molar-refractivity contribution in [2.75, 3.05) is 42.9 Å². The number of nitrogens with zero attached hydrogens (tertiary/aromatic N) is 4. The quantitative estimate of drug-likeness (QED) is 0.808. The minimum absolute atomic E-state index is 0.382. The third kappa shape index (κ3) is 5.79. The van der Waals surface area contributed by atoms with Crippen LogP contribution in [0.2, 0.25) is 0 Å². The maximum absolute atomic E-state index is 4.74. The molecule has 1 N–H and O–H groups in total.